The minimum absolute atomic E-state index is 0.317. The molecule has 0 saturated carbocycles. The Morgan fingerprint density at radius 3 is 3.06 bits per heavy atom. The molecule has 0 spiro atoms. The molecule has 102 valence electrons. The monoisotopic (exact) mass is 253 g/mol. The molecule has 2 N–H and O–H groups in total. The lowest BCUT2D eigenvalue weighted by Crippen LogP contribution is -2.16. The number of ether oxygens (including phenoxy) is 1. The van der Waals surface area contributed by atoms with E-state index in [2.05, 4.69) is 17.1 Å². The van der Waals surface area contributed by atoms with E-state index in [-0.39, 0.29) is 0 Å². The molecule has 1 aromatic heterocycles. The molecular formula is C13H23N3O2. The summed E-state index contributed by atoms with van der Waals surface area (Å²) in [5, 5.41) is 4.07. The highest BCUT2D eigenvalue weighted by Crippen LogP contribution is 2.23. The molecule has 5 nitrogen and oxygen atoms in total. The van der Waals surface area contributed by atoms with Crippen LogP contribution < -0.4 is 5.73 Å². The van der Waals surface area contributed by atoms with Gasteiger partial charge in [0.2, 0.25) is 5.89 Å². The molecule has 2 atom stereocenters. The lowest BCUT2D eigenvalue weighted by molar-refractivity contribution is 0.0773. The topological polar surface area (TPSA) is 74.2 Å². The molecule has 2 unspecified atom stereocenters. The van der Waals surface area contributed by atoms with E-state index < -0.39 is 0 Å². The highest BCUT2D eigenvalue weighted by atomic mass is 16.5. The van der Waals surface area contributed by atoms with Gasteiger partial charge in [-0.05, 0) is 38.1 Å². The zero-order chi connectivity index (χ0) is 12.8. The van der Waals surface area contributed by atoms with Crippen molar-refractivity contribution in [1.82, 2.24) is 10.1 Å². The second-order valence-corrected chi connectivity index (χ2v) is 5.18. The van der Waals surface area contributed by atoms with Crippen molar-refractivity contribution in [3.05, 3.63) is 11.7 Å². The van der Waals surface area contributed by atoms with E-state index in [1.807, 2.05) is 0 Å². The third kappa shape index (κ3) is 3.78. The average Bonchev–Trinajstić information content (AvgIpc) is 2.87. The fraction of sp³-hybridized carbons (Fsp3) is 0.846. The smallest absolute Gasteiger partial charge is 0.226 e. The SMILES string of the molecule is CC(CCN)CCc1nc(C2CCCOC2)no1. The zero-order valence-electron chi connectivity index (χ0n) is 11.1. The van der Waals surface area contributed by atoms with Crippen LogP contribution in [0.2, 0.25) is 0 Å². The van der Waals surface area contributed by atoms with Crippen molar-refractivity contribution >= 4 is 0 Å². The second-order valence-electron chi connectivity index (χ2n) is 5.18. The number of aromatic nitrogens is 2. The number of hydrogen-bond acceptors (Lipinski definition) is 5. The van der Waals surface area contributed by atoms with E-state index in [4.69, 9.17) is 15.0 Å². The third-order valence-corrected chi connectivity index (χ3v) is 3.52. The van der Waals surface area contributed by atoms with Crippen LogP contribution in [0.5, 0.6) is 0 Å². The van der Waals surface area contributed by atoms with E-state index in [9.17, 15) is 0 Å². The van der Waals surface area contributed by atoms with Crippen LogP contribution in [0, 0.1) is 5.92 Å². The molecule has 1 saturated heterocycles. The van der Waals surface area contributed by atoms with Crippen molar-refractivity contribution in [2.24, 2.45) is 11.7 Å². The number of nitrogens with zero attached hydrogens (tertiary/aromatic N) is 2. The molecule has 1 aliphatic heterocycles. The van der Waals surface area contributed by atoms with Gasteiger partial charge in [0.05, 0.1) is 6.61 Å². The van der Waals surface area contributed by atoms with Gasteiger partial charge >= 0.3 is 0 Å². The minimum Gasteiger partial charge on any atom is -0.381 e. The van der Waals surface area contributed by atoms with E-state index >= 15 is 0 Å². The largest absolute Gasteiger partial charge is 0.381 e. The summed E-state index contributed by atoms with van der Waals surface area (Å²) in [6, 6.07) is 0. The van der Waals surface area contributed by atoms with Gasteiger partial charge in [-0.1, -0.05) is 12.1 Å². The standard InChI is InChI=1S/C13H23N3O2/c1-10(6-7-14)4-5-12-15-13(16-18-12)11-3-2-8-17-9-11/h10-11H,2-9,14H2,1H3. The van der Waals surface area contributed by atoms with Gasteiger partial charge in [-0.15, -0.1) is 0 Å². The highest BCUT2D eigenvalue weighted by Gasteiger charge is 2.21. The average molecular weight is 253 g/mol. The fourth-order valence-corrected chi connectivity index (χ4v) is 2.28. The molecule has 1 fully saturated rings. The van der Waals surface area contributed by atoms with Crippen LogP contribution in [-0.2, 0) is 11.2 Å². The molecule has 1 aromatic rings. The Kier molecular flexibility index (Phi) is 5.13. The van der Waals surface area contributed by atoms with Crippen LogP contribution in [0.1, 0.15) is 50.2 Å². The molecule has 0 radical (unpaired) electrons. The zero-order valence-corrected chi connectivity index (χ0v) is 11.1. The Hall–Kier alpha value is -0.940. The number of rotatable bonds is 6. The summed E-state index contributed by atoms with van der Waals surface area (Å²) in [7, 11) is 0. The second kappa shape index (κ2) is 6.85. The van der Waals surface area contributed by atoms with Gasteiger partial charge in [0.1, 0.15) is 0 Å². The summed E-state index contributed by atoms with van der Waals surface area (Å²) in [4.78, 5) is 4.48. The molecule has 18 heavy (non-hydrogen) atoms. The fourth-order valence-electron chi connectivity index (χ4n) is 2.28. The first-order chi connectivity index (χ1) is 8.79. The van der Waals surface area contributed by atoms with E-state index in [0.717, 1.165) is 63.6 Å². The van der Waals surface area contributed by atoms with Gasteiger partial charge in [-0.2, -0.15) is 4.98 Å². The summed E-state index contributed by atoms with van der Waals surface area (Å²) in [5.41, 5.74) is 5.53. The molecule has 0 amide bonds. The summed E-state index contributed by atoms with van der Waals surface area (Å²) in [6.45, 7) is 4.54. The highest BCUT2D eigenvalue weighted by molar-refractivity contribution is 4.96. The summed E-state index contributed by atoms with van der Waals surface area (Å²) < 4.78 is 10.7. The quantitative estimate of drug-likeness (QED) is 0.838. The summed E-state index contributed by atoms with van der Waals surface area (Å²) >= 11 is 0. The molecule has 0 aromatic carbocycles. The maximum atomic E-state index is 5.53. The normalized spacial score (nSPS) is 22.0. The molecule has 1 aliphatic rings. The van der Waals surface area contributed by atoms with Crippen molar-refractivity contribution in [3.8, 4) is 0 Å². The first kappa shape index (κ1) is 13.5. The molecule has 2 rings (SSSR count). The Morgan fingerprint density at radius 1 is 1.44 bits per heavy atom. The van der Waals surface area contributed by atoms with Crippen LogP contribution in [0.4, 0.5) is 0 Å². The Labute approximate surface area is 108 Å². The molecule has 5 heteroatoms. The van der Waals surface area contributed by atoms with Gasteiger partial charge < -0.3 is 15.0 Å². The van der Waals surface area contributed by atoms with Crippen LogP contribution in [-0.4, -0.2) is 29.9 Å². The van der Waals surface area contributed by atoms with Crippen molar-refractivity contribution in [2.45, 2.75) is 44.9 Å². The number of aryl methyl sites for hydroxylation is 1. The van der Waals surface area contributed by atoms with Gasteiger partial charge in [0.25, 0.3) is 0 Å². The summed E-state index contributed by atoms with van der Waals surface area (Å²) in [6.07, 6.45) is 5.14. The van der Waals surface area contributed by atoms with Crippen molar-refractivity contribution in [1.29, 1.82) is 0 Å². The van der Waals surface area contributed by atoms with Crippen LogP contribution in [0.3, 0.4) is 0 Å². The maximum absolute atomic E-state index is 5.53. The molecule has 0 bridgehead atoms. The minimum atomic E-state index is 0.317. The van der Waals surface area contributed by atoms with Crippen molar-refractivity contribution in [2.75, 3.05) is 19.8 Å². The number of hydrogen-bond donors (Lipinski definition) is 1. The summed E-state index contributed by atoms with van der Waals surface area (Å²) in [5.74, 6) is 2.50. The first-order valence-corrected chi connectivity index (χ1v) is 6.90. The first-order valence-electron chi connectivity index (χ1n) is 6.90. The van der Waals surface area contributed by atoms with E-state index in [1.165, 1.54) is 0 Å². The third-order valence-electron chi connectivity index (χ3n) is 3.52. The van der Waals surface area contributed by atoms with Gasteiger partial charge in [-0.25, -0.2) is 0 Å². The van der Waals surface area contributed by atoms with Crippen LogP contribution in [0.25, 0.3) is 0 Å². The Balaban J connectivity index is 1.82. The molecule has 2 heterocycles. The van der Waals surface area contributed by atoms with E-state index in [0.29, 0.717) is 11.8 Å². The lowest BCUT2D eigenvalue weighted by Gasteiger charge is -2.18. The van der Waals surface area contributed by atoms with E-state index in [1.54, 1.807) is 0 Å². The van der Waals surface area contributed by atoms with Crippen LogP contribution >= 0.6 is 0 Å². The van der Waals surface area contributed by atoms with Crippen molar-refractivity contribution in [3.63, 3.8) is 0 Å². The Morgan fingerprint density at radius 2 is 2.33 bits per heavy atom. The molecule has 0 aliphatic carbocycles. The predicted octanol–water partition coefficient (Wildman–Crippen LogP) is 1.88. The lowest BCUT2D eigenvalue weighted by atomic mass is 10.0. The number of nitrogens with two attached hydrogens (primary N) is 1. The van der Waals surface area contributed by atoms with Gasteiger partial charge in [-0.3, -0.25) is 0 Å². The predicted molar refractivity (Wildman–Crippen MR) is 68.2 cm³/mol. The van der Waals surface area contributed by atoms with Gasteiger partial charge in [0.15, 0.2) is 5.82 Å². The maximum Gasteiger partial charge on any atom is 0.226 e. The molecular weight excluding hydrogens is 230 g/mol. The Bertz CT molecular complexity index is 348. The van der Waals surface area contributed by atoms with Crippen molar-refractivity contribution < 1.29 is 9.26 Å². The van der Waals surface area contributed by atoms with Crippen LogP contribution in [0.15, 0.2) is 4.52 Å². The van der Waals surface area contributed by atoms with Gasteiger partial charge in [0, 0.05) is 18.9 Å².